The maximum absolute atomic E-state index is 11.5. The molecular weight excluding hydrogens is 270 g/mol. The van der Waals surface area contributed by atoms with E-state index in [2.05, 4.69) is 5.32 Å². The maximum atomic E-state index is 11.5. The summed E-state index contributed by atoms with van der Waals surface area (Å²) in [7, 11) is 0. The van der Waals surface area contributed by atoms with Crippen molar-refractivity contribution in [3.63, 3.8) is 0 Å². The van der Waals surface area contributed by atoms with Crippen LogP contribution in [-0.2, 0) is 0 Å². The number of benzene rings is 1. The van der Waals surface area contributed by atoms with E-state index in [1.165, 1.54) is 0 Å². The van der Waals surface area contributed by atoms with Crippen molar-refractivity contribution in [2.45, 2.75) is 38.7 Å². The van der Waals surface area contributed by atoms with Crippen LogP contribution >= 0.6 is 0 Å². The quantitative estimate of drug-likeness (QED) is 0.644. The van der Waals surface area contributed by atoms with Gasteiger partial charge in [-0.2, -0.15) is 0 Å². The molecule has 1 fully saturated rings. The number of hydrogen-bond acceptors (Lipinski definition) is 5. The fourth-order valence-corrected chi connectivity index (χ4v) is 2.61. The molecule has 0 aromatic heterocycles. The molecule has 1 aromatic carbocycles. The summed E-state index contributed by atoms with van der Waals surface area (Å²) in [6.45, 7) is 5.81. The van der Waals surface area contributed by atoms with Crippen LogP contribution in [0.1, 0.15) is 33.1 Å². The Hall–Kier alpha value is -1.82. The van der Waals surface area contributed by atoms with E-state index in [4.69, 9.17) is 0 Å². The molecule has 1 heterocycles. The number of rotatable bonds is 5. The first-order chi connectivity index (χ1) is 9.94. The van der Waals surface area contributed by atoms with Gasteiger partial charge in [0.05, 0.1) is 10.5 Å². The Morgan fingerprint density at radius 1 is 1.43 bits per heavy atom. The third-order valence-electron chi connectivity index (χ3n) is 3.94. The van der Waals surface area contributed by atoms with Crippen LogP contribution in [0.2, 0.25) is 0 Å². The van der Waals surface area contributed by atoms with Crippen LogP contribution in [0.15, 0.2) is 18.2 Å². The molecule has 0 amide bonds. The van der Waals surface area contributed by atoms with Gasteiger partial charge in [0.25, 0.3) is 0 Å². The van der Waals surface area contributed by atoms with Crippen LogP contribution in [-0.4, -0.2) is 35.3 Å². The lowest BCUT2D eigenvalue weighted by molar-refractivity contribution is -0.383. The summed E-state index contributed by atoms with van der Waals surface area (Å²) in [6.07, 6.45) is 2.15. The van der Waals surface area contributed by atoms with Crippen LogP contribution in [0.25, 0.3) is 0 Å². The van der Waals surface area contributed by atoms with Crippen LogP contribution in [0.4, 0.5) is 17.1 Å². The van der Waals surface area contributed by atoms with Crippen molar-refractivity contribution in [1.29, 1.82) is 0 Å². The van der Waals surface area contributed by atoms with E-state index in [1.54, 1.807) is 12.1 Å². The van der Waals surface area contributed by atoms with Gasteiger partial charge in [0.2, 0.25) is 0 Å². The molecule has 6 heteroatoms. The van der Waals surface area contributed by atoms with E-state index in [0.29, 0.717) is 43.9 Å². The molecule has 0 unspecified atom stereocenters. The second-order valence-electron chi connectivity index (χ2n) is 5.84. The number of nitro benzene ring substituents is 1. The van der Waals surface area contributed by atoms with Crippen molar-refractivity contribution in [1.82, 2.24) is 0 Å². The lowest BCUT2D eigenvalue weighted by Gasteiger charge is -2.36. The second kappa shape index (κ2) is 6.30. The zero-order chi connectivity index (χ0) is 15.5. The van der Waals surface area contributed by atoms with E-state index in [-0.39, 0.29) is 10.6 Å². The van der Waals surface area contributed by atoms with Crippen molar-refractivity contribution < 1.29 is 10.0 Å². The summed E-state index contributed by atoms with van der Waals surface area (Å²) in [5.74, 6) is 0. The van der Waals surface area contributed by atoms with E-state index < -0.39 is 5.60 Å². The largest absolute Gasteiger partial charge is 0.390 e. The van der Waals surface area contributed by atoms with Gasteiger partial charge in [-0.05, 0) is 38.3 Å². The lowest BCUT2D eigenvalue weighted by Crippen LogP contribution is -2.42. The van der Waals surface area contributed by atoms with Crippen molar-refractivity contribution in [2.75, 3.05) is 29.9 Å². The highest BCUT2D eigenvalue weighted by atomic mass is 16.6. The van der Waals surface area contributed by atoms with Crippen LogP contribution in [0.5, 0.6) is 0 Å². The maximum Gasteiger partial charge on any atom is 0.315 e. The molecule has 0 radical (unpaired) electrons. The number of anilines is 2. The fraction of sp³-hybridized carbons (Fsp3) is 0.600. The zero-order valence-corrected chi connectivity index (χ0v) is 12.6. The molecule has 0 saturated carbocycles. The van der Waals surface area contributed by atoms with Crippen molar-refractivity contribution in [3.8, 4) is 0 Å². The van der Waals surface area contributed by atoms with Gasteiger partial charge >= 0.3 is 5.69 Å². The van der Waals surface area contributed by atoms with Crippen molar-refractivity contribution >= 4 is 17.1 Å². The van der Waals surface area contributed by atoms with Gasteiger partial charge in [-0.1, -0.05) is 13.0 Å². The average molecular weight is 293 g/mol. The summed E-state index contributed by atoms with van der Waals surface area (Å²) in [5.41, 5.74) is 0.671. The van der Waals surface area contributed by atoms with E-state index in [9.17, 15) is 15.2 Å². The molecule has 2 rings (SSSR count). The first kappa shape index (κ1) is 15.6. The molecular formula is C15H23N3O3. The van der Waals surface area contributed by atoms with Gasteiger partial charge in [-0.15, -0.1) is 0 Å². The zero-order valence-electron chi connectivity index (χ0n) is 12.6. The summed E-state index contributed by atoms with van der Waals surface area (Å²) in [5, 5.41) is 24.6. The molecule has 0 spiro atoms. The molecule has 2 N–H and O–H groups in total. The minimum absolute atomic E-state index is 0.132. The highest BCUT2D eigenvalue weighted by Crippen LogP contribution is 2.37. The molecule has 1 aliphatic heterocycles. The number of aliphatic hydroxyl groups is 1. The molecule has 116 valence electrons. The highest BCUT2D eigenvalue weighted by molar-refractivity contribution is 5.77. The van der Waals surface area contributed by atoms with Gasteiger partial charge in [0.1, 0.15) is 11.4 Å². The molecule has 0 aliphatic carbocycles. The van der Waals surface area contributed by atoms with E-state index >= 15 is 0 Å². The smallest absolute Gasteiger partial charge is 0.315 e. The number of nitro groups is 1. The molecule has 1 aromatic rings. The van der Waals surface area contributed by atoms with Gasteiger partial charge in [0, 0.05) is 19.6 Å². The molecule has 0 atom stereocenters. The second-order valence-corrected chi connectivity index (χ2v) is 5.84. The topological polar surface area (TPSA) is 78.6 Å². The number of piperidine rings is 1. The number of nitrogens with zero attached hydrogens (tertiary/aromatic N) is 2. The Kier molecular flexibility index (Phi) is 4.67. The van der Waals surface area contributed by atoms with Crippen molar-refractivity contribution in [3.05, 3.63) is 28.3 Å². The van der Waals surface area contributed by atoms with Gasteiger partial charge in [-0.25, -0.2) is 0 Å². The Morgan fingerprint density at radius 3 is 2.67 bits per heavy atom. The normalized spacial score (nSPS) is 17.6. The third kappa shape index (κ3) is 3.64. The molecule has 1 aliphatic rings. The minimum Gasteiger partial charge on any atom is -0.390 e. The summed E-state index contributed by atoms with van der Waals surface area (Å²) >= 11 is 0. The number of para-hydroxylation sites is 1. The average Bonchev–Trinajstić information content (AvgIpc) is 2.44. The summed E-state index contributed by atoms with van der Waals surface area (Å²) in [4.78, 5) is 13.1. The molecule has 6 nitrogen and oxygen atoms in total. The molecule has 1 saturated heterocycles. The van der Waals surface area contributed by atoms with Gasteiger partial charge < -0.3 is 15.3 Å². The minimum atomic E-state index is -0.663. The Morgan fingerprint density at radius 2 is 2.10 bits per heavy atom. The summed E-state index contributed by atoms with van der Waals surface area (Å²) < 4.78 is 0. The summed E-state index contributed by atoms with van der Waals surface area (Å²) in [6, 6.07) is 5.37. The van der Waals surface area contributed by atoms with E-state index in [0.717, 1.165) is 6.42 Å². The van der Waals surface area contributed by atoms with Crippen LogP contribution < -0.4 is 10.2 Å². The first-order valence-corrected chi connectivity index (χ1v) is 7.43. The van der Waals surface area contributed by atoms with E-state index in [1.807, 2.05) is 24.8 Å². The van der Waals surface area contributed by atoms with Crippen LogP contribution in [0.3, 0.4) is 0 Å². The molecule has 0 bridgehead atoms. The van der Waals surface area contributed by atoms with Gasteiger partial charge in [0.15, 0.2) is 0 Å². The third-order valence-corrected chi connectivity index (χ3v) is 3.94. The highest BCUT2D eigenvalue weighted by Gasteiger charge is 2.31. The fourth-order valence-electron chi connectivity index (χ4n) is 2.61. The standard InChI is InChI=1S/C15H23N3O3/c1-3-9-16-12-5-4-6-13(14(12)18(20)21)17-10-7-15(2,19)8-11-17/h4-6,16,19H,3,7-11H2,1-2H3. The predicted molar refractivity (Wildman–Crippen MR) is 83.9 cm³/mol. The lowest BCUT2D eigenvalue weighted by atomic mass is 9.93. The Bertz CT molecular complexity index is 507. The SMILES string of the molecule is CCCNc1cccc(N2CCC(C)(O)CC2)c1[N+](=O)[O-]. The number of nitrogens with one attached hydrogen (secondary N) is 1. The van der Waals surface area contributed by atoms with Crippen molar-refractivity contribution in [2.24, 2.45) is 0 Å². The first-order valence-electron chi connectivity index (χ1n) is 7.43. The Balaban J connectivity index is 2.28. The Labute approximate surface area is 124 Å². The molecule has 21 heavy (non-hydrogen) atoms. The van der Waals surface area contributed by atoms with Gasteiger partial charge in [-0.3, -0.25) is 10.1 Å². The van der Waals surface area contributed by atoms with Crippen LogP contribution in [0, 0.1) is 10.1 Å². The monoisotopic (exact) mass is 293 g/mol. The predicted octanol–water partition coefficient (Wildman–Crippen LogP) is 2.77. The number of hydrogen-bond donors (Lipinski definition) is 2.